The number of nitro groups is 1. The van der Waals surface area contributed by atoms with E-state index < -0.39 is 4.92 Å². The van der Waals surface area contributed by atoms with E-state index >= 15 is 0 Å². The van der Waals surface area contributed by atoms with E-state index in [9.17, 15) is 15.4 Å². The molecule has 0 N–H and O–H groups in total. The van der Waals surface area contributed by atoms with Crippen LogP contribution in [0.25, 0.3) is 22.9 Å². The molecular weight excluding hydrogens is 378 g/mol. The molecule has 0 radical (unpaired) electrons. The summed E-state index contributed by atoms with van der Waals surface area (Å²) in [6, 6.07) is 13.7. The Morgan fingerprint density at radius 3 is 2.68 bits per heavy atom. The van der Waals surface area contributed by atoms with E-state index in [1.165, 1.54) is 23.5 Å². The number of non-ortho nitro benzene ring substituents is 1. The van der Waals surface area contributed by atoms with Gasteiger partial charge in [-0.15, -0.1) is 11.3 Å². The number of thiazole rings is 1. The number of hydrogen-bond acceptors (Lipinski definition) is 7. The molecular formula is C20H15N3O4S. The summed E-state index contributed by atoms with van der Waals surface area (Å²) < 4.78 is 10.5. The van der Waals surface area contributed by atoms with Crippen molar-refractivity contribution in [1.29, 1.82) is 5.26 Å². The third kappa shape index (κ3) is 4.00. The zero-order chi connectivity index (χ0) is 20.1. The van der Waals surface area contributed by atoms with Gasteiger partial charge in [-0.05, 0) is 23.8 Å². The van der Waals surface area contributed by atoms with Crippen LogP contribution in [-0.2, 0) is 0 Å². The minimum absolute atomic E-state index is 0.00609. The van der Waals surface area contributed by atoms with E-state index in [-0.39, 0.29) is 5.69 Å². The highest BCUT2D eigenvalue weighted by molar-refractivity contribution is 7.11. The fourth-order valence-electron chi connectivity index (χ4n) is 2.56. The van der Waals surface area contributed by atoms with Crippen molar-refractivity contribution < 1.29 is 14.4 Å². The summed E-state index contributed by atoms with van der Waals surface area (Å²) in [6.45, 7) is 0. The van der Waals surface area contributed by atoms with Crippen LogP contribution in [0, 0.1) is 21.4 Å². The van der Waals surface area contributed by atoms with E-state index in [0.29, 0.717) is 33.3 Å². The van der Waals surface area contributed by atoms with Crippen molar-refractivity contribution in [3.05, 3.63) is 68.5 Å². The van der Waals surface area contributed by atoms with Gasteiger partial charge in [-0.3, -0.25) is 10.1 Å². The quantitative estimate of drug-likeness (QED) is 0.339. The number of ether oxygens (including phenoxy) is 2. The van der Waals surface area contributed by atoms with Gasteiger partial charge in [-0.25, -0.2) is 4.98 Å². The van der Waals surface area contributed by atoms with Crippen molar-refractivity contribution in [2.45, 2.75) is 0 Å². The van der Waals surface area contributed by atoms with Crippen LogP contribution < -0.4 is 9.47 Å². The first-order valence-electron chi connectivity index (χ1n) is 8.10. The third-order valence-corrected chi connectivity index (χ3v) is 4.80. The number of nitro benzene ring substituents is 1. The summed E-state index contributed by atoms with van der Waals surface area (Å²) >= 11 is 1.30. The van der Waals surface area contributed by atoms with Crippen molar-refractivity contribution in [2.75, 3.05) is 14.2 Å². The number of rotatable bonds is 6. The van der Waals surface area contributed by atoms with Gasteiger partial charge in [0, 0.05) is 23.1 Å². The predicted octanol–water partition coefficient (Wildman–Crippen LogP) is 4.80. The fourth-order valence-corrected chi connectivity index (χ4v) is 3.35. The maximum atomic E-state index is 11.0. The van der Waals surface area contributed by atoms with Crippen LogP contribution >= 0.6 is 11.3 Å². The number of methoxy groups -OCH3 is 2. The Balaban J connectivity index is 1.95. The topological polar surface area (TPSA) is 98.3 Å². The third-order valence-electron chi connectivity index (χ3n) is 3.93. The molecule has 0 bridgehead atoms. The first-order valence-corrected chi connectivity index (χ1v) is 8.98. The zero-order valence-electron chi connectivity index (χ0n) is 15.1. The Kier molecular flexibility index (Phi) is 5.67. The Bertz CT molecular complexity index is 1100. The lowest BCUT2D eigenvalue weighted by Crippen LogP contribution is -1.91. The smallest absolute Gasteiger partial charge is 0.270 e. The maximum Gasteiger partial charge on any atom is 0.270 e. The normalized spacial score (nSPS) is 11.0. The molecule has 2 aromatic carbocycles. The van der Waals surface area contributed by atoms with Gasteiger partial charge in [0.2, 0.25) is 0 Å². The van der Waals surface area contributed by atoms with Gasteiger partial charge in [-0.2, -0.15) is 5.26 Å². The van der Waals surface area contributed by atoms with Crippen LogP contribution in [0.15, 0.2) is 47.8 Å². The number of nitriles is 1. The Morgan fingerprint density at radius 1 is 1.21 bits per heavy atom. The van der Waals surface area contributed by atoms with Crippen LogP contribution in [-0.4, -0.2) is 24.1 Å². The molecule has 0 atom stereocenters. The van der Waals surface area contributed by atoms with Crippen LogP contribution in [0.1, 0.15) is 10.6 Å². The van der Waals surface area contributed by atoms with Crippen LogP contribution in [0.3, 0.4) is 0 Å². The van der Waals surface area contributed by atoms with Gasteiger partial charge in [0.05, 0.1) is 30.4 Å². The molecule has 1 heterocycles. The predicted molar refractivity (Wildman–Crippen MR) is 107 cm³/mol. The molecule has 140 valence electrons. The van der Waals surface area contributed by atoms with E-state index in [4.69, 9.17) is 9.47 Å². The summed E-state index contributed by atoms with van der Waals surface area (Å²) in [5, 5.41) is 22.8. The lowest BCUT2D eigenvalue weighted by Gasteiger charge is -2.07. The highest BCUT2D eigenvalue weighted by Crippen LogP contribution is 2.31. The molecule has 3 rings (SSSR count). The van der Waals surface area contributed by atoms with Crippen LogP contribution in [0.5, 0.6) is 11.5 Å². The summed E-state index contributed by atoms with van der Waals surface area (Å²) in [6.07, 6.45) is 1.71. The molecule has 1 aromatic heterocycles. The zero-order valence-corrected chi connectivity index (χ0v) is 15.9. The first-order chi connectivity index (χ1) is 13.5. The lowest BCUT2D eigenvalue weighted by atomic mass is 10.1. The van der Waals surface area contributed by atoms with Crippen molar-refractivity contribution in [3.63, 3.8) is 0 Å². The summed E-state index contributed by atoms with van der Waals surface area (Å²) in [7, 11) is 3.10. The molecule has 0 spiro atoms. The fraction of sp³-hybridized carbons (Fsp3) is 0.100. The average Bonchev–Trinajstić information content (AvgIpc) is 3.22. The monoisotopic (exact) mass is 393 g/mol. The number of allylic oxidation sites excluding steroid dienone is 1. The maximum absolute atomic E-state index is 11.0. The molecule has 7 nitrogen and oxygen atoms in total. The standard InChI is InChI=1S/C20H15N3O4S/c1-26-18-7-6-13(9-19(18)27-2)8-15(11-21)20-22-17(12-28-20)14-4-3-5-16(10-14)23(24)25/h3-10,12H,1-2H3. The van der Waals surface area contributed by atoms with Crippen molar-refractivity contribution in [1.82, 2.24) is 4.98 Å². The Labute approximate surface area is 165 Å². The second-order valence-electron chi connectivity index (χ2n) is 5.63. The van der Waals surface area contributed by atoms with E-state index in [0.717, 1.165) is 5.56 Å². The van der Waals surface area contributed by atoms with Crippen LogP contribution in [0.2, 0.25) is 0 Å². The number of benzene rings is 2. The average molecular weight is 393 g/mol. The molecule has 0 fully saturated rings. The molecule has 3 aromatic rings. The van der Waals surface area contributed by atoms with Gasteiger partial charge in [0.1, 0.15) is 11.1 Å². The molecule has 0 saturated heterocycles. The van der Waals surface area contributed by atoms with E-state index in [2.05, 4.69) is 11.1 Å². The minimum Gasteiger partial charge on any atom is -0.493 e. The van der Waals surface area contributed by atoms with Crippen molar-refractivity contribution in [3.8, 4) is 28.8 Å². The van der Waals surface area contributed by atoms with E-state index in [1.54, 1.807) is 49.9 Å². The summed E-state index contributed by atoms with van der Waals surface area (Å²) in [5.74, 6) is 1.16. The van der Waals surface area contributed by atoms with Crippen molar-refractivity contribution >= 4 is 28.7 Å². The molecule has 8 heteroatoms. The highest BCUT2D eigenvalue weighted by Gasteiger charge is 2.13. The largest absolute Gasteiger partial charge is 0.493 e. The van der Waals surface area contributed by atoms with Crippen LogP contribution in [0.4, 0.5) is 5.69 Å². The number of hydrogen-bond donors (Lipinski definition) is 0. The van der Waals surface area contributed by atoms with Gasteiger partial charge in [0.25, 0.3) is 5.69 Å². The molecule has 28 heavy (non-hydrogen) atoms. The van der Waals surface area contributed by atoms with Crippen molar-refractivity contribution in [2.24, 2.45) is 0 Å². The highest BCUT2D eigenvalue weighted by atomic mass is 32.1. The molecule has 0 amide bonds. The SMILES string of the molecule is COc1ccc(C=C(C#N)c2nc(-c3cccc([N+](=O)[O-])c3)cs2)cc1OC. The van der Waals surface area contributed by atoms with Gasteiger partial charge < -0.3 is 9.47 Å². The molecule has 0 aliphatic heterocycles. The second kappa shape index (κ2) is 8.33. The Morgan fingerprint density at radius 2 is 2.00 bits per heavy atom. The molecule has 0 aliphatic rings. The molecule has 0 saturated carbocycles. The van der Waals surface area contributed by atoms with Gasteiger partial charge in [0.15, 0.2) is 11.5 Å². The van der Waals surface area contributed by atoms with Gasteiger partial charge in [-0.1, -0.05) is 18.2 Å². The molecule has 0 unspecified atom stereocenters. The Hall–Kier alpha value is -3.70. The molecule has 0 aliphatic carbocycles. The minimum atomic E-state index is -0.450. The summed E-state index contributed by atoms with van der Waals surface area (Å²) in [5.41, 5.74) is 2.35. The summed E-state index contributed by atoms with van der Waals surface area (Å²) in [4.78, 5) is 15.0. The lowest BCUT2D eigenvalue weighted by molar-refractivity contribution is -0.384. The second-order valence-corrected chi connectivity index (χ2v) is 6.49. The number of aromatic nitrogens is 1. The van der Waals surface area contributed by atoms with Gasteiger partial charge >= 0.3 is 0 Å². The first kappa shape index (κ1) is 19.1. The van der Waals surface area contributed by atoms with E-state index in [1.807, 2.05) is 6.07 Å². The number of nitrogens with zero attached hydrogens (tertiary/aromatic N) is 3.